The van der Waals surface area contributed by atoms with Crippen LogP contribution in [0.1, 0.15) is 36.9 Å². The number of benzene rings is 1. The van der Waals surface area contributed by atoms with E-state index < -0.39 is 5.56 Å². The van der Waals surface area contributed by atoms with E-state index in [0.717, 1.165) is 12.8 Å². The van der Waals surface area contributed by atoms with E-state index in [1.54, 1.807) is 36.7 Å². The van der Waals surface area contributed by atoms with Gasteiger partial charge in [-0.15, -0.1) is 0 Å². The summed E-state index contributed by atoms with van der Waals surface area (Å²) in [6.45, 7) is 5.96. The van der Waals surface area contributed by atoms with Gasteiger partial charge in [0.1, 0.15) is 28.6 Å². The SMILES string of the molecule is C=C(Cc1nc(-c2cccnc2)no1)OC(=NC)c1c(O)c(-c2c(OC)cccc2OC)c(CCCC)[nH]c1=O. The molecule has 4 rings (SSSR count). The Balaban J connectivity index is 1.71. The minimum absolute atomic E-state index is 0.0483. The lowest BCUT2D eigenvalue weighted by atomic mass is 9.95. The number of rotatable bonds is 11. The molecule has 0 radical (unpaired) electrons. The molecule has 0 amide bonds. The maximum absolute atomic E-state index is 13.3. The molecule has 0 saturated carbocycles. The number of H-pyrrole nitrogens is 1. The predicted molar refractivity (Wildman–Crippen MR) is 150 cm³/mol. The maximum atomic E-state index is 13.3. The summed E-state index contributed by atoms with van der Waals surface area (Å²) in [5.41, 5.74) is 1.37. The third kappa shape index (κ3) is 5.88. The van der Waals surface area contributed by atoms with Crippen LogP contribution < -0.4 is 15.0 Å². The predicted octanol–water partition coefficient (Wildman–Crippen LogP) is 4.70. The Kier molecular flexibility index (Phi) is 8.95. The molecule has 0 aliphatic carbocycles. The molecule has 4 aromatic rings. The highest BCUT2D eigenvalue weighted by Crippen LogP contribution is 2.44. The summed E-state index contributed by atoms with van der Waals surface area (Å²) in [7, 11) is 4.50. The first-order chi connectivity index (χ1) is 19.4. The molecule has 0 aliphatic heterocycles. The first-order valence-electron chi connectivity index (χ1n) is 12.7. The molecule has 1 aromatic carbocycles. The third-order valence-electron chi connectivity index (χ3n) is 6.12. The van der Waals surface area contributed by atoms with E-state index in [0.29, 0.717) is 46.1 Å². The average molecular weight is 546 g/mol. The highest BCUT2D eigenvalue weighted by molar-refractivity contribution is 6.00. The Morgan fingerprint density at radius 1 is 1.15 bits per heavy atom. The lowest BCUT2D eigenvalue weighted by molar-refractivity contribution is 0.348. The lowest BCUT2D eigenvalue weighted by Gasteiger charge is -2.19. The number of aromatic nitrogens is 4. The molecule has 0 unspecified atom stereocenters. The summed E-state index contributed by atoms with van der Waals surface area (Å²) in [5.74, 6) is 1.26. The molecule has 208 valence electrons. The van der Waals surface area contributed by atoms with Crippen LogP contribution in [0.3, 0.4) is 0 Å². The molecule has 0 atom stereocenters. The fourth-order valence-electron chi connectivity index (χ4n) is 4.23. The van der Waals surface area contributed by atoms with Gasteiger partial charge in [0.15, 0.2) is 0 Å². The zero-order valence-electron chi connectivity index (χ0n) is 22.9. The summed E-state index contributed by atoms with van der Waals surface area (Å²) < 4.78 is 22.4. The number of allylic oxidation sites excluding steroid dienone is 1. The standard InChI is InChI=1S/C29H31N5O6/c1-6-7-11-19-23(24-20(37-4)12-8-13-21(24)38-5)26(35)25(28(36)32-19)29(30-3)39-17(2)15-22-33-27(34-40-22)18-10-9-14-31-16-18/h8-10,12-14,16H,2,6-7,11,15H2,1,3-5H3,(H2,32,35,36). The number of nitrogens with zero attached hydrogens (tertiary/aromatic N) is 4. The van der Waals surface area contributed by atoms with Gasteiger partial charge in [-0.1, -0.05) is 31.1 Å². The zero-order valence-corrected chi connectivity index (χ0v) is 22.9. The quantitative estimate of drug-likeness (QED) is 0.156. The van der Waals surface area contributed by atoms with E-state index in [-0.39, 0.29) is 35.3 Å². The van der Waals surface area contributed by atoms with Crippen LogP contribution in [0.5, 0.6) is 17.2 Å². The van der Waals surface area contributed by atoms with E-state index in [2.05, 4.69) is 31.7 Å². The van der Waals surface area contributed by atoms with Crippen molar-refractivity contribution in [3.63, 3.8) is 0 Å². The van der Waals surface area contributed by atoms with Gasteiger partial charge in [0, 0.05) is 30.7 Å². The number of nitrogens with one attached hydrogen (secondary N) is 1. The van der Waals surface area contributed by atoms with E-state index in [1.165, 1.54) is 21.3 Å². The summed E-state index contributed by atoms with van der Waals surface area (Å²) in [5, 5.41) is 15.6. The van der Waals surface area contributed by atoms with E-state index in [1.807, 2.05) is 13.0 Å². The van der Waals surface area contributed by atoms with Crippen LogP contribution in [0.2, 0.25) is 0 Å². The first-order valence-corrected chi connectivity index (χ1v) is 12.7. The Labute approximate surface area is 231 Å². The van der Waals surface area contributed by atoms with Crippen molar-refractivity contribution in [3.8, 4) is 39.8 Å². The van der Waals surface area contributed by atoms with E-state index in [4.69, 9.17) is 18.7 Å². The average Bonchev–Trinajstić information content (AvgIpc) is 3.43. The van der Waals surface area contributed by atoms with Gasteiger partial charge in [-0.3, -0.25) is 14.8 Å². The molecule has 2 N–H and O–H groups in total. The molecule has 3 heterocycles. The fraction of sp³-hybridized carbons (Fsp3) is 0.276. The van der Waals surface area contributed by atoms with Crippen molar-refractivity contribution < 1.29 is 23.8 Å². The molecule has 0 fully saturated rings. The Morgan fingerprint density at radius 2 is 1.90 bits per heavy atom. The molecule has 0 saturated heterocycles. The van der Waals surface area contributed by atoms with E-state index in [9.17, 15) is 9.90 Å². The van der Waals surface area contributed by atoms with Crippen molar-refractivity contribution >= 4 is 5.90 Å². The van der Waals surface area contributed by atoms with Gasteiger partial charge in [0.2, 0.25) is 17.6 Å². The molecule has 11 nitrogen and oxygen atoms in total. The summed E-state index contributed by atoms with van der Waals surface area (Å²) in [4.78, 5) is 28.8. The second-order valence-corrected chi connectivity index (χ2v) is 8.77. The maximum Gasteiger partial charge on any atom is 0.264 e. The van der Waals surface area contributed by atoms with Crippen LogP contribution in [0.15, 0.2) is 69.4 Å². The van der Waals surface area contributed by atoms with Gasteiger partial charge in [0.25, 0.3) is 5.56 Å². The number of pyridine rings is 2. The Morgan fingerprint density at radius 3 is 2.52 bits per heavy atom. The molecule has 0 aliphatic rings. The van der Waals surface area contributed by atoms with Crippen LogP contribution >= 0.6 is 0 Å². The van der Waals surface area contributed by atoms with Crippen LogP contribution in [0.4, 0.5) is 0 Å². The fourth-order valence-corrected chi connectivity index (χ4v) is 4.23. The monoisotopic (exact) mass is 545 g/mol. The lowest BCUT2D eigenvalue weighted by Crippen LogP contribution is -2.23. The summed E-state index contributed by atoms with van der Waals surface area (Å²) >= 11 is 0. The van der Waals surface area contributed by atoms with Crippen LogP contribution in [0.25, 0.3) is 22.5 Å². The minimum Gasteiger partial charge on any atom is -0.506 e. The molecule has 0 bridgehead atoms. The van der Waals surface area contributed by atoms with Gasteiger partial charge in [-0.25, -0.2) is 0 Å². The minimum atomic E-state index is -0.564. The number of aromatic hydroxyl groups is 1. The van der Waals surface area contributed by atoms with Gasteiger partial charge in [-0.2, -0.15) is 4.98 Å². The number of hydrogen-bond donors (Lipinski definition) is 2. The van der Waals surface area contributed by atoms with Crippen molar-refractivity contribution in [1.82, 2.24) is 20.1 Å². The first kappa shape index (κ1) is 28.1. The van der Waals surface area contributed by atoms with Crippen molar-refractivity contribution in [1.29, 1.82) is 0 Å². The number of aryl methyl sites for hydroxylation is 1. The molecular weight excluding hydrogens is 514 g/mol. The Hall–Kier alpha value is -4.93. The number of ether oxygens (including phenoxy) is 3. The van der Waals surface area contributed by atoms with Crippen molar-refractivity contribution in [3.05, 3.63) is 82.6 Å². The van der Waals surface area contributed by atoms with Crippen molar-refractivity contribution in [2.75, 3.05) is 21.3 Å². The van der Waals surface area contributed by atoms with Crippen molar-refractivity contribution in [2.45, 2.75) is 32.6 Å². The Bertz CT molecular complexity index is 1550. The largest absolute Gasteiger partial charge is 0.506 e. The summed E-state index contributed by atoms with van der Waals surface area (Å²) in [6, 6.07) is 8.86. The van der Waals surface area contributed by atoms with Gasteiger partial charge in [-0.05, 0) is 37.1 Å². The number of methoxy groups -OCH3 is 2. The molecule has 0 spiro atoms. The number of hydrogen-bond acceptors (Lipinski definition) is 10. The smallest absolute Gasteiger partial charge is 0.264 e. The van der Waals surface area contributed by atoms with Crippen LogP contribution in [0, 0.1) is 0 Å². The van der Waals surface area contributed by atoms with E-state index >= 15 is 0 Å². The number of aliphatic imine (C=N–C) groups is 1. The number of aromatic amines is 1. The van der Waals surface area contributed by atoms with Crippen LogP contribution in [-0.4, -0.2) is 52.4 Å². The normalized spacial score (nSPS) is 11.3. The van der Waals surface area contributed by atoms with Gasteiger partial charge < -0.3 is 28.8 Å². The van der Waals surface area contributed by atoms with Crippen LogP contribution in [-0.2, 0) is 17.6 Å². The topological polar surface area (TPSA) is 145 Å². The number of unbranched alkanes of at least 4 members (excludes halogenated alkanes) is 1. The van der Waals surface area contributed by atoms with Gasteiger partial charge >= 0.3 is 0 Å². The molecular formula is C29H31N5O6. The second kappa shape index (κ2) is 12.7. The molecule has 40 heavy (non-hydrogen) atoms. The summed E-state index contributed by atoms with van der Waals surface area (Å²) in [6.07, 6.45) is 5.50. The second-order valence-electron chi connectivity index (χ2n) is 8.77. The van der Waals surface area contributed by atoms with Gasteiger partial charge in [0.05, 0.1) is 31.8 Å². The van der Waals surface area contributed by atoms with Crippen molar-refractivity contribution in [2.24, 2.45) is 4.99 Å². The highest BCUT2D eigenvalue weighted by atomic mass is 16.5. The zero-order chi connectivity index (χ0) is 28.6. The highest BCUT2D eigenvalue weighted by Gasteiger charge is 2.27. The molecule has 3 aromatic heterocycles. The molecule has 11 heteroatoms. The third-order valence-corrected chi connectivity index (χ3v) is 6.12.